The summed E-state index contributed by atoms with van der Waals surface area (Å²) in [4.78, 5) is 26.5. The van der Waals surface area contributed by atoms with Crippen LogP contribution < -0.4 is 5.32 Å². The van der Waals surface area contributed by atoms with Crippen molar-refractivity contribution in [1.82, 2.24) is 14.7 Å². The Balaban J connectivity index is 1.69. The molecule has 4 rings (SSSR count). The Morgan fingerprint density at radius 1 is 1.10 bits per heavy atom. The Hall–Kier alpha value is -2.89. The largest absolute Gasteiger partial charge is 0.435 e. The third-order valence-corrected chi connectivity index (χ3v) is 6.81. The number of rotatable bonds is 4. The molecular formula is C19H19F3N4O4S. The molecule has 1 aliphatic heterocycles. The molecule has 2 fully saturated rings. The smallest absolute Gasteiger partial charge is 0.337 e. The molecule has 0 unspecified atom stereocenters. The predicted octanol–water partition coefficient (Wildman–Crippen LogP) is 2.11. The van der Waals surface area contributed by atoms with Gasteiger partial charge in [-0.25, -0.2) is 13.1 Å². The summed E-state index contributed by atoms with van der Waals surface area (Å²) < 4.78 is 63.3. The number of carbonyl (C=O) groups excluding carboxylic acids is 2. The van der Waals surface area contributed by atoms with Crippen LogP contribution in [-0.4, -0.2) is 59.5 Å². The van der Waals surface area contributed by atoms with Gasteiger partial charge in [0.05, 0.1) is 22.8 Å². The van der Waals surface area contributed by atoms with Crippen LogP contribution in [0, 0.1) is 5.92 Å². The number of sulfone groups is 1. The number of hydrogen-bond donors (Lipinski definition) is 1. The first-order valence-corrected chi connectivity index (χ1v) is 11.4. The van der Waals surface area contributed by atoms with Crippen LogP contribution >= 0.6 is 0 Å². The van der Waals surface area contributed by atoms with Crippen LogP contribution in [0.5, 0.6) is 0 Å². The van der Waals surface area contributed by atoms with E-state index >= 15 is 0 Å². The monoisotopic (exact) mass is 456 g/mol. The molecule has 0 radical (unpaired) electrons. The van der Waals surface area contributed by atoms with Crippen molar-refractivity contribution in [2.24, 2.45) is 5.92 Å². The lowest BCUT2D eigenvalue weighted by atomic mass is 10.1. The standard InChI is InChI=1S/C19H19F3N4O4S/c20-19(21,22)16-5-6-26(24-16)15-11-13(23-17(27)12-1-2-12)3-4-14(15)18(28)25-7-9-31(29,30)10-8-25/h3-6,11-12H,1-2,7-10H2,(H,23,27). The average molecular weight is 456 g/mol. The van der Waals surface area contributed by atoms with Gasteiger partial charge < -0.3 is 10.2 Å². The van der Waals surface area contributed by atoms with E-state index in [4.69, 9.17) is 0 Å². The van der Waals surface area contributed by atoms with Crippen LogP contribution in [-0.2, 0) is 20.8 Å². The number of alkyl halides is 3. The van der Waals surface area contributed by atoms with E-state index in [2.05, 4.69) is 10.4 Å². The summed E-state index contributed by atoms with van der Waals surface area (Å²) in [5.74, 6) is -1.15. The molecule has 1 N–H and O–H groups in total. The molecule has 1 aliphatic carbocycles. The van der Waals surface area contributed by atoms with Gasteiger partial charge in [-0.1, -0.05) is 0 Å². The first-order chi connectivity index (χ1) is 14.5. The maximum Gasteiger partial charge on any atom is 0.435 e. The van der Waals surface area contributed by atoms with Crippen LogP contribution in [0.1, 0.15) is 28.9 Å². The highest BCUT2D eigenvalue weighted by Crippen LogP contribution is 2.32. The molecule has 0 bridgehead atoms. The number of carbonyl (C=O) groups is 2. The number of nitrogens with zero attached hydrogens (tertiary/aromatic N) is 3. The average Bonchev–Trinajstić information content (AvgIpc) is 3.43. The summed E-state index contributed by atoms with van der Waals surface area (Å²) in [6.45, 7) is -0.0125. The quantitative estimate of drug-likeness (QED) is 0.760. The molecule has 2 aliphatic rings. The summed E-state index contributed by atoms with van der Waals surface area (Å²) in [5.41, 5.74) is -0.681. The molecule has 31 heavy (non-hydrogen) atoms. The topological polar surface area (TPSA) is 101 Å². The van der Waals surface area contributed by atoms with Crippen LogP contribution in [0.4, 0.5) is 18.9 Å². The number of hydrogen-bond acceptors (Lipinski definition) is 5. The lowest BCUT2D eigenvalue weighted by molar-refractivity contribution is -0.141. The second kappa shape index (κ2) is 7.66. The SMILES string of the molecule is O=C(Nc1ccc(C(=O)N2CCS(=O)(=O)CC2)c(-n2ccc(C(F)(F)F)n2)c1)C1CC1. The van der Waals surface area contributed by atoms with E-state index in [9.17, 15) is 31.2 Å². The Morgan fingerprint density at radius 2 is 1.77 bits per heavy atom. The highest BCUT2D eigenvalue weighted by Gasteiger charge is 2.34. The van der Waals surface area contributed by atoms with E-state index < -0.39 is 27.6 Å². The molecule has 1 saturated carbocycles. The molecule has 1 aromatic carbocycles. The van der Waals surface area contributed by atoms with E-state index in [1.807, 2.05) is 0 Å². The molecule has 2 amide bonds. The lowest BCUT2D eigenvalue weighted by Crippen LogP contribution is -2.44. The van der Waals surface area contributed by atoms with E-state index in [1.165, 1.54) is 23.1 Å². The van der Waals surface area contributed by atoms with Gasteiger partial charge in [0.1, 0.15) is 0 Å². The lowest BCUT2D eigenvalue weighted by Gasteiger charge is -2.27. The molecular weight excluding hydrogens is 437 g/mol. The number of anilines is 1. The van der Waals surface area contributed by atoms with Gasteiger partial charge in [-0.3, -0.25) is 9.59 Å². The van der Waals surface area contributed by atoms with Gasteiger partial charge in [-0.2, -0.15) is 18.3 Å². The summed E-state index contributed by atoms with van der Waals surface area (Å²) in [7, 11) is -3.21. The Bertz CT molecular complexity index is 1130. The number of benzene rings is 1. The van der Waals surface area contributed by atoms with Crippen molar-refractivity contribution in [2.45, 2.75) is 19.0 Å². The molecule has 12 heteroatoms. The zero-order valence-corrected chi connectivity index (χ0v) is 17.0. The van der Waals surface area contributed by atoms with Crippen molar-refractivity contribution in [3.63, 3.8) is 0 Å². The van der Waals surface area contributed by atoms with Crippen LogP contribution in [0.2, 0.25) is 0 Å². The molecule has 2 heterocycles. The summed E-state index contributed by atoms with van der Waals surface area (Å²) in [6.07, 6.45) is -2.01. The number of nitrogens with one attached hydrogen (secondary N) is 1. The first-order valence-electron chi connectivity index (χ1n) is 9.61. The van der Waals surface area contributed by atoms with Crippen molar-refractivity contribution in [3.8, 4) is 5.69 Å². The highest BCUT2D eigenvalue weighted by molar-refractivity contribution is 7.91. The Labute approximate surface area is 175 Å². The zero-order chi connectivity index (χ0) is 22.4. The van der Waals surface area contributed by atoms with E-state index in [0.717, 1.165) is 29.8 Å². The Morgan fingerprint density at radius 3 is 2.35 bits per heavy atom. The fourth-order valence-corrected chi connectivity index (χ4v) is 4.47. The van der Waals surface area contributed by atoms with Gasteiger partial charge in [-0.15, -0.1) is 0 Å². The summed E-state index contributed by atoms with van der Waals surface area (Å²) >= 11 is 0. The highest BCUT2D eigenvalue weighted by atomic mass is 32.2. The molecule has 8 nitrogen and oxygen atoms in total. The van der Waals surface area contributed by atoms with Gasteiger partial charge in [0.2, 0.25) is 5.91 Å². The second-order valence-corrected chi connectivity index (χ2v) is 9.89. The van der Waals surface area contributed by atoms with Gasteiger partial charge in [0, 0.05) is 30.9 Å². The van der Waals surface area contributed by atoms with Gasteiger partial charge in [0.25, 0.3) is 5.91 Å². The first kappa shape index (κ1) is 21.3. The molecule has 2 aromatic rings. The van der Waals surface area contributed by atoms with Crippen molar-refractivity contribution in [3.05, 3.63) is 41.7 Å². The third-order valence-electron chi connectivity index (χ3n) is 5.20. The maximum atomic E-state index is 13.0. The van der Waals surface area contributed by atoms with Crippen LogP contribution in [0.15, 0.2) is 30.5 Å². The minimum atomic E-state index is -4.66. The van der Waals surface area contributed by atoms with Crippen LogP contribution in [0.25, 0.3) is 5.69 Å². The maximum absolute atomic E-state index is 13.0. The van der Waals surface area contributed by atoms with Crippen molar-refractivity contribution in [1.29, 1.82) is 0 Å². The van der Waals surface area contributed by atoms with E-state index in [1.54, 1.807) is 0 Å². The fraction of sp³-hybridized carbons (Fsp3) is 0.421. The van der Waals surface area contributed by atoms with Gasteiger partial charge in [0.15, 0.2) is 15.5 Å². The third kappa shape index (κ3) is 4.73. The van der Waals surface area contributed by atoms with Crippen molar-refractivity contribution in [2.75, 3.05) is 29.9 Å². The number of halogens is 3. The van der Waals surface area contributed by atoms with Crippen LogP contribution in [0.3, 0.4) is 0 Å². The molecule has 1 aromatic heterocycles. The van der Waals surface area contributed by atoms with Gasteiger partial charge in [-0.05, 0) is 37.1 Å². The predicted molar refractivity (Wildman–Crippen MR) is 104 cm³/mol. The second-order valence-electron chi connectivity index (χ2n) is 7.58. The summed E-state index contributed by atoms with van der Waals surface area (Å²) in [6, 6.07) is 5.07. The molecule has 0 atom stereocenters. The van der Waals surface area contributed by atoms with E-state index in [-0.39, 0.29) is 47.7 Å². The number of aromatic nitrogens is 2. The minimum Gasteiger partial charge on any atom is -0.337 e. The summed E-state index contributed by atoms with van der Waals surface area (Å²) in [5, 5.41) is 6.24. The molecule has 1 saturated heterocycles. The van der Waals surface area contributed by atoms with Gasteiger partial charge >= 0.3 is 6.18 Å². The fourth-order valence-electron chi connectivity index (χ4n) is 3.26. The number of amides is 2. The minimum absolute atomic E-state index is 0.00627. The zero-order valence-electron chi connectivity index (χ0n) is 16.2. The molecule has 166 valence electrons. The molecule has 0 spiro atoms. The normalized spacial score (nSPS) is 18.6. The van der Waals surface area contributed by atoms with E-state index in [0.29, 0.717) is 5.69 Å². The van der Waals surface area contributed by atoms with Crippen molar-refractivity contribution < 1.29 is 31.2 Å². The Kier molecular flexibility index (Phi) is 5.28. The van der Waals surface area contributed by atoms with Crippen molar-refractivity contribution >= 4 is 27.3 Å².